The van der Waals surface area contributed by atoms with Gasteiger partial charge in [0.1, 0.15) is 18.2 Å². The molecular weight excluding hydrogens is 351 g/mol. The van der Waals surface area contributed by atoms with Gasteiger partial charge in [-0.25, -0.2) is 4.39 Å². The fourth-order valence-corrected chi connectivity index (χ4v) is 3.95. The van der Waals surface area contributed by atoms with Crippen molar-refractivity contribution in [3.05, 3.63) is 52.5 Å². The summed E-state index contributed by atoms with van der Waals surface area (Å²) in [4.78, 5) is 15.5. The molecule has 26 heavy (non-hydrogen) atoms. The summed E-state index contributed by atoms with van der Waals surface area (Å²) in [6.07, 6.45) is 3.53. The van der Waals surface area contributed by atoms with Crippen LogP contribution in [0.25, 0.3) is 0 Å². The lowest BCUT2D eigenvalue weighted by atomic mass is 10.1. The van der Waals surface area contributed by atoms with E-state index < -0.39 is 0 Å². The number of hydrogen-bond acceptors (Lipinski definition) is 4. The first kappa shape index (κ1) is 18.9. The smallest absolute Gasteiger partial charge is 0.222 e. The molecule has 4 nitrogen and oxygen atoms in total. The van der Waals surface area contributed by atoms with E-state index in [4.69, 9.17) is 4.74 Å². The number of rotatable bonds is 10. The monoisotopic (exact) mass is 376 g/mol. The van der Waals surface area contributed by atoms with Crippen molar-refractivity contribution < 1.29 is 13.9 Å². The minimum absolute atomic E-state index is 0.259. The Morgan fingerprint density at radius 2 is 2.08 bits per heavy atom. The van der Waals surface area contributed by atoms with Crippen molar-refractivity contribution in [3.63, 3.8) is 0 Å². The lowest BCUT2D eigenvalue weighted by molar-refractivity contribution is -0.128. The van der Waals surface area contributed by atoms with Gasteiger partial charge in [0, 0.05) is 30.4 Å². The van der Waals surface area contributed by atoms with E-state index in [2.05, 4.69) is 27.7 Å². The summed E-state index contributed by atoms with van der Waals surface area (Å²) >= 11 is 1.75. The SMILES string of the molecule is O=C1CC[C@@H](CCNCCOc2ccc(F)cc2)N1CCc1cccs1. The average Bonchev–Trinajstić information content (AvgIpc) is 3.28. The standard InChI is InChI=1S/C20H25FN2O2S/c21-16-3-6-18(7-4-16)25-14-12-22-11-9-17-5-8-20(24)23(17)13-10-19-2-1-15-26-19/h1-4,6-7,15,17,22H,5,8-14H2/t17-/m0/s1. The summed E-state index contributed by atoms with van der Waals surface area (Å²) in [5.74, 6) is 0.700. The minimum Gasteiger partial charge on any atom is -0.492 e. The van der Waals surface area contributed by atoms with Crippen molar-refractivity contribution in [2.24, 2.45) is 0 Å². The second kappa shape index (κ2) is 9.69. The van der Waals surface area contributed by atoms with E-state index in [0.29, 0.717) is 24.8 Å². The van der Waals surface area contributed by atoms with Crippen LogP contribution in [0.5, 0.6) is 5.75 Å². The van der Waals surface area contributed by atoms with Crippen molar-refractivity contribution in [3.8, 4) is 5.75 Å². The van der Waals surface area contributed by atoms with E-state index in [1.165, 1.54) is 17.0 Å². The van der Waals surface area contributed by atoms with E-state index in [-0.39, 0.29) is 11.7 Å². The zero-order valence-electron chi connectivity index (χ0n) is 14.8. The molecule has 3 rings (SSSR count). The number of ether oxygens (including phenoxy) is 1. The number of likely N-dealkylation sites (tertiary alicyclic amines) is 1. The highest BCUT2D eigenvalue weighted by molar-refractivity contribution is 7.09. The normalized spacial score (nSPS) is 17.0. The molecule has 0 saturated carbocycles. The number of nitrogens with one attached hydrogen (secondary N) is 1. The summed E-state index contributed by atoms with van der Waals surface area (Å²) in [7, 11) is 0. The van der Waals surface area contributed by atoms with Gasteiger partial charge in [0.2, 0.25) is 5.91 Å². The molecular formula is C20H25FN2O2S. The van der Waals surface area contributed by atoms with E-state index >= 15 is 0 Å². The molecule has 2 heterocycles. The molecule has 0 radical (unpaired) electrons. The quantitative estimate of drug-likeness (QED) is 0.646. The molecule has 140 valence electrons. The Bertz CT molecular complexity index is 676. The minimum atomic E-state index is -0.259. The van der Waals surface area contributed by atoms with Gasteiger partial charge in [0.25, 0.3) is 0 Å². The van der Waals surface area contributed by atoms with E-state index in [0.717, 1.165) is 38.9 Å². The van der Waals surface area contributed by atoms with Crippen LogP contribution in [-0.4, -0.2) is 43.1 Å². The van der Waals surface area contributed by atoms with Crippen molar-refractivity contribution in [2.75, 3.05) is 26.2 Å². The second-order valence-corrected chi connectivity index (χ2v) is 7.48. The molecule has 0 bridgehead atoms. The van der Waals surface area contributed by atoms with Gasteiger partial charge < -0.3 is 15.0 Å². The third kappa shape index (κ3) is 5.54. The molecule has 0 aliphatic carbocycles. The van der Waals surface area contributed by atoms with Gasteiger partial charge in [-0.15, -0.1) is 11.3 Å². The molecule has 0 unspecified atom stereocenters. The molecule has 6 heteroatoms. The molecule has 1 amide bonds. The zero-order valence-corrected chi connectivity index (χ0v) is 15.6. The summed E-state index contributed by atoms with van der Waals surface area (Å²) in [5, 5.41) is 5.44. The molecule has 2 aromatic rings. The average molecular weight is 376 g/mol. The Morgan fingerprint density at radius 3 is 2.85 bits per heavy atom. The van der Waals surface area contributed by atoms with Crippen molar-refractivity contribution in [1.29, 1.82) is 0 Å². The number of carbonyl (C=O) groups is 1. The molecule has 0 spiro atoms. The fraction of sp³-hybridized carbons (Fsp3) is 0.450. The molecule has 1 N–H and O–H groups in total. The predicted molar refractivity (Wildman–Crippen MR) is 102 cm³/mol. The van der Waals surface area contributed by atoms with Gasteiger partial charge in [-0.05, 0) is 61.5 Å². The Morgan fingerprint density at radius 1 is 1.23 bits per heavy atom. The summed E-state index contributed by atoms with van der Waals surface area (Å²) in [5.41, 5.74) is 0. The van der Waals surface area contributed by atoms with Crippen molar-refractivity contribution >= 4 is 17.2 Å². The van der Waals surface area contributed by atoms with E-state index in [1.54, 1.807) is 23.5 Å². The summed E-state index contributed by atoms with van der Waals surface area (Å²) in [6, 6.07) is 10.6. The van der Waals surface area contributed by atoms with Gasteiger partial charge in [0.15, 0.2) is 0 Å². The highest BCUT2D eigenvalue weighted by atomic mass is 32.1. The highest BCUT2D eigenvalue weighted by Crippen LogP contribution is 2.22. The first-order valence-electron chi connectivity index (χ1n) is 9.13. The van der Waals surface area contributed by atoms with Crippen LogP contribution in [-0.2, 0) is 11.2 Å². The topological polar surface area (TPSA) is 41.6 Å². The van der Waals surface area contributed by atoms with Crippen molar-refractivity contribution in [1.82, 2.24) is 10.2 Å². The maximum atomic E-state index is 12.8. The number of nitrogens with zero attached hydrogens (tertiary/aromatic N) is 1. The number of carbonyl (C=O) groups excluding carboxylic acids is 1. The first-order chi connectivity index (χ1) is 12.7. The maximum Gasteiger partial charge on any atom is 0.222 e. The van der Waals surface area contributed by atoms with Crippen LogP contribution >= 0.6 is 11.3 Å². The number of amides is 1. The molecule has 1 aromatic heterocycles. The Kier molecular flexibility index (Phi) is 7.03. The van der Waals surface area contributed by atoms with Gasteiger partial charge in [0.05, 0.1) is 0 Å². The lowest BCUT2D eigenvalue weighted by Gasteiger charge is -2.24. The van der Waals surface area contributed by atoms with E-state index in [1.807, 2.05) is 0 Å². The molecule has 1 fully saturated rings. The van der Waals surface area contributed by atoms with Gasteiger partial charge in [-0.1, -0.05) is 6.07 Å². The molecule has 1 aliphatic rings. The molecule has 1 aliphatic heterocycles. The number of hydrogen-bond donors (Lipinski definition) is 1. The van der Waals surface area contributed by atoms with Gasteiger partial charge >= 0.3 is 0 Å². The Labute approximate surface area is 158 Å². The van der Waals surface area contributed by atoms with Crippen LogP contribution in [0.2, 0.25) is 0 Å². The third-order valence-electron chi connectivity index (χ3n) is 4.65. The van der Waals surface area contributed by atoms with Crippen molar-refractivity contribution in [2.45, 2.75) is 31.7 Å². The van der Waals surface area contributed by atoms with Crippen LogP contribution in [0.4, 0.5) is 4.39 Å². The van der Waals surface area contributed by atoms with Gasteiger partial charge in [-0.2, -0.15) is 0 Å². The first-order valence-corrected chi connectivity index (χ1v) is 10.0. The van der Waals surface area contributed by atoms with Crippen LogP contribution in [0.15, 0.2) is 41.8 Å². The van der Waals surface area contributed by atoms with E-state index in [9.17, 15) is 9.18 Å². The molecule has 1 saturated heterocycles. The lowest BCUT2D eigenvalue weighted by Crippen LogP contribution is -2.37. The summed E-state index contributed by atoms with van der Waals surface area (Å²) in [6.45, 7) is 2.95. The maximum absolute atomic E-state index is 12.8. The Balaban J connectivity index is 1.31. The largest absolute Gasteiger partial charge is 0.492 e. The zero-order chi connectivity index (χ0) is 18.2. The number of thiophene rings is 1. The number of halogens is 1. The number of benzene rings is 1. The Hall–Kier alpha value is -1.92. The van der Waals surface area contributed by atoms with Crippen LogP contribution in [0.1, 0.15) is 24.1 Å². The second-order valence-electron chi connectivity index (χ2n) is 6.45. The predicted octanol–water partition coefficient (Wildman–Crippen LogP) is 3.48. The third-order valence-corrected chi connectivity index (χ3v) is 5.58. The highest BCUT2D eigenvalue weighted by Gasteiger charge is 2.29. The van der Waals surface area contributed by atoms with Crippen LogP contribution < -0.4 is 10.1 Å². The van der Waals surface area contributed by atoms with Crippen LogP contribution in [0, 0.1) is 5.82 Å². The van der Waals surface area contributed by atoms with Crippen LogP contribution in [0.3, 0.4) is 0 Å². The van der Waals surface area contributed by atoms with Gasteiger partial charge in [-0.3, -0.25) is 4.79 Å². The summed E-state index contributed by atoms with van der Waals surface area (Å²) < 4.78 is 18.4. The molecule has 1 aromatic carbocycles. The molecule has 1 atom stereocenters. The fourth-order valence-electron chi connectivity index (χ4n) is 3.25.